The fourth-order valence-electron chi connectivity index (χ4n) is 1.41. The normalized spacial score (nSPS) is 10.2. The van der Waals surface area contributed by atoms with Crippen molar-refractivity contribution in [2.24, 2.45) is 0 Å². The Kier molecular flexibility index (Phi) is 3.39. The summed E-state index contributed by atoms with van der Waals surface area (Å²) in [5.74, 6) is -0.258. The zero-order chi connectivity index (χ0) is 12.3. The maximum absolute atomic E-state index is 10.8. The lowest BCUT2D eigenvalue weighted by Gasteiger charge is -2.07. The quantitative estimate of drug-likeness (QED) is 0.905. The first-order valence-electron chi connectivity index (χ1n) is 5.02. The van der Waals surface area contributed by atoms with Gasteiger partial charge in [0.05, 0.1) is 10.4 Å². The standard InChI is InChI=1S/C12H11NO3S/c1-8-4-2-3-5-9(8)16-6-10-11(12(14)15)13-7-17-10/h2-5,7H,6H2,1H3,(H,14,15). The third kappa shape index (κ3) is 2.62. The van der Waals surface area contributed by atoms with E-state index < -0.39 is 5.97 Å². The van der Waals surface area contributed by atoms with Gasteiger partial charge in [-0.3, -0.25) is 0 Å². The van der Waals surface area contributed by atoms with Gasteiger partial charge >= 0.3 is 5.97 Å². The van der Waals surface area contributed by atoms with Crippen LogP contribution in [-0.2, 0) is 6.61 Å². The topological polar surface area (TPSA) is 59.4 Å². The summed E-state index contributed by atoms with van der Waals surface area (Å²) in [6.45, 7) is 2.18. The molecule has 0 radical (unpaired) electrons. The second kappa shape index (κ2) is 4.97. The lowest BCUT2D eigenvalue weighted by atomic mass is 10.2. The summed E-state index contributed by atoms with van der Waals surface area (Å²) in [5.41, 5.74) is 2.61. The number of benzene rings is 1. The van der Waals surface area contributed by atoms with E-state index in [9.17, 15) is 4.79 Å². The Morgan fingerprint density at radius 1 is 1.47 bits per heavy atom. The molecular formula is C12H11NO3S. The van der Waals surface area contributed by atoms with Gasteiger partial charge in [0.1, 0.15) is 12.4 Å². The molecule has 0 amide bonds. The number of nitrogens with zero attached hydrogens (tertiary/aromatic N) is 1. The average molecular weight is 249 g/mol. The van der Waals surface area contributed by atoms with Crippen molar-refractivity contribution >= 4 is 17.3 Å². The molecule has 1 aromatic heterocycles. The number of aryl methyl sites for hydroxylation is 1. The monoisotopic (exact) mass is 249 g/mol. The van der Waals surface area contributed by atoms with E-state index in [4.69, 9.17) is 9.84 Å². The molecule has 0 unspecified atom stereocenters. The predicted octanol–water partition coefficient (Wildman–Crippen LogP) is 2.73. The van der Waals surface area contributed by atoms with Crippen molar-refractivity contribution < 1.29 is 14.6 Å². The Bertz CT molecular complexity index is 536. The van der Waals surface area contributed by atoms with Crippen LogP contribution >= 0.6 is 11.3 Å². The van der Waals surface area contributed by atoms with Crippen LogP contribution in [0.5, 0.6) is 5.75 Å². The van der Waals surface area contributed by atoms with Gasteiger partial charge < -0.3 is 9.84 Å². The van der Waals surface area contributed by atoms with Gasteiger partial charge in [-0.05, 0) is 18.6 Å². The molecule has 1 N–H and O–H groups in total. The Hall–Kier alpha value is -1.88. The molecule has 0 aliphatic rings. The first kappa shape index (κ1) is 11.6. The van der Waals surface area contributed by atoms with Crippen molar-refractivity contribution in [3.05, 3.63) is 45.9 Å². The molecule has 0 bridgehead atoms. The van der Waals surface area contributed by atoms with Crippen LogP contribution in [0.2, 0.25) is 0 Å². The van der Waals surface area contributed by atoms with Crippen molar-refractivity contribution in [1.82, 2.24) is 4.98 Å². The average Bonchev–Trinajstić information content (AvgIpc) is 2.76. The molecule has 1 heterocycles. The molecule has 0 atom stereocenters. The Morgan fingerprint density at radius 2 is 2.24 bits per heavy atom. The highest BCUT2D eigenvalue weighted by Crippen LogP contribution is 2.20. The van der Waals surface area contributed by atoms with Gasteiger partial charge in [-0.1, -0.05) is 18.2 Å². The summed E-state index contributed by atoms with van der Waals surface area (Å²) >= 11 is 1.29. The van der Waals surface area contributed by atoms with E-state index in [0.717, 1.165) is 11.3 Å². The van der Waals surface area contributed by atoms with Crippen LogP contribution in [-0.4, -0.2) is 16.1 Å². The van der Waals surface area contributed by atoms with Crippen LogP contribution in [0, 0.1) is 6.92 Å². The number of hydrogen-bond donors (Lipinski definition) is 1. The lowest BCUT2D eigenvalue weighted by molar-refractivity contribution is 0.0688. The van der Waals surface area contributed by atoms with Crippen LogP contribution in [0.4, 0.5) is 0 Å². The highest BCUT2D eigenvalue weighted by molar-refractivity contribution is 7.09. The largest absolute Gasteiger partial charge is 0.488 e. The molecule has 0 fully saturated rings. The van der Waals surface area contributed by atoms with Crippen molar-refractivity contribution in [3.63, 3.8) is 0 Å². The van der Waals surface area contributed by atoms with Crippen LogP contribution in [0.15, 0.2) is 29.8 Å². The first-order valence-corrected chi connectivity index (χ1v) is 5.90. The summed E-state index contributed by atoms with van der Waals surface area (Å²) in [5, 5.41) is 8.89. The minimum atomic E-state index is -1.02. The minimum Gasteiger partial charge on any atom is -0.488 e. The smallest absolute Gasteiger partial charge is 0.355 e. The van der Waals surface area contributed by atoms with Crippen molar-refractivity contribution in [2.75, 3.05) is 0 Å². The zero-order valence-electron chi connectivity index (χ0n) is 9.21. The van der Waals surface area contributed by atoms with Crippen LogP contribution in [0.25, 0.3) is 0 Å². The summed E-state index contributed by atoms with van der Waals surface area (Å²) < 4.78 is 5.58. The number of hydrogen-bond acceptors (Lipinski definition) is 4. The lowest BCUT2D eigenvalue weighted by Crippen LogP contribution is -2.04. The van der Waals surface area contributed by atoms with E-state index in [0.29, 0.717) is 4.88 Å². The first-order chi connectivity index (χ1) is 8.18. The Morgan fingerprint density at radius 3 is 2.94 bits per heavy atom. The fraction of sp³-hybridized carbons (Fsp3) is 0.167. The maximum atomic E-state index is 10.8. The van der Waals surface area contributed by atoms with E-state index in [1.807, 2.05) is 31.2 Å². The van der Waals surface area contributed by atoms with Gasteiger partial charge in [0.25, 0.3) is 0 Å². The molecule has 2 rings (SSSR count). The van der Waals surface area contributed by atoms with Gasteiger partial charge in [-0.25, -0.2) is 9.78 Å². The summed E-state index contributed by atoms with van der Waals surface area (Å²) in [6.07, 6.45) is 0. The van der Waals surface area contributed by atoms with Crippen molar-refractivity contribution in [3.8, 4) is 5.75 Å². The number of rotatable bonds is 4. The summed E-state index contributed by atoms with van der Waals surface area (Å²) in [4.78, 5) is 15.3. The molecule has 0 spiro atoms. The number of aromatic nitrogens is 1. The Balaban J connectivity index is 2.10. The molecule has 4 nitrogen and oxygen atoms in total. The second-order valence-corrected chi connectivity index (χ2v) is 4.42. The minimum absolute atomic E-state index is 0.0728. The second-order valence-electron chi connectivity index (χ2n) is 3.48. The number of para-hydroxylation sites is 1. The van der Waals surface area contributed by atoms with E-state index >= 15 is 0 Å². The van der Waals surface area contributed by atoms with E-state index in [1.54, 1.807) is 0 Å². The number of carboxylic acid groups (broad SMARTS) is 1. The molecule has 0 aliphatic carbocycles. The van der Waals surface area contributed by atoms with E-state index in [1.165, 1.54) is 16.8 Å². The number of carbonyl (C=O) groups is 1. The maximum Gasteiger partial charge on any atom is 0.355 e. The van der Waals surface area contributed by atoms with Gasteiger partial charge in [0.2, 0.25) is 0 Å². The molecule has 1 aromatic carbocycles. The van der Waals surface area contributed by atoms with Crippen LogP contribution < -0.4 is 4.74 Å². The molecular weight excluding hydrogens is 238 g/mol. The number of thiazole rings is 1. The van der Waals surface area contributed by atoms with Gasteiger partial charge in [0.15, 0.2) is 5.69 Å². The highest BCUT2D eigenvalue weighted by Gasteiger charge is 2.13. The Labute approximate surface area is 103 Å². The van der Waals surface area contributed by atoms with Crippen molar-refractivity contribution in [1.29, 1.82) is 0 Å². The van der Waals surface area contributed by atoms with Crippen molar-refractivity contribution in [2.45, 2.75) is 13.5 Å². The molecule has 0 saturated carbocycles. The van der Waals surface area contributed by atoms with Gasteiger partial charge in [-0.15, -0.1) is 11.3 Å². The third-order valence-electron chi connectivity index (χ3n) is 2.30. The SMILES string of the molecule is Cc1ccccc1OCc1scnc1C(=O)O. The van der Waals surface area contributed by atoms with Crippen LogP contribution in [0.1, 0.15) is 20.9 Å². The predicted molar refractivity (Wildman–Crippen MR) is 64.6 cm³/mol. The summed E-state index contributed by atoms with van der Waals surface area (Å²) in [7, 11) is 0. The molecule has 0 saturated heterocycles. The highest BCUT2D eigenvalue weighted by atomic mass is 32.1. The molecule has 88 valence electrons. The zero-order valence-corrected chi connectivity index (χ0v) is 10.0. The summed E-state index contributed by atoms with van der Waals surface area (Å²) in [6, 6.07) is 7.61. The molecule has 5 heteroatoms. The van der Waals surface area contributed by atoms with E-state index in [2.05, 4.69) is 4.98 Å². The third-order valence-corrected chi connectivity index (χ3v) is 3.10. The molecule has 17 heavy (non-hydrogen) atoms. The number of carboxylic acids is 1. The van der Waals surface area contributed by atoms with E-state index in [-0.39, 0.29) is 12.3 Å². The fourth-order valence-corrected chi connectivity index (χ4v) is 2.07. The molecule has 0 aliphatic heterocycles. The van der Waals surface area contributed by atoms with Gasteiger partial charge in [0, 0.05) is 0 Å². The van der Waals surface area contributed by atoms with Gasteiger partial charge in [-0.2, -0.15) is 0 Å². The van der Waals surface area contributed by atoms with Crippen LogP contribution in [0.3, 0.4) is 0 Å². The molecule has 2 aromatic rings. The number of aromatic carboxylic acids is 1. The number of ether oxygens (including phenoxy) is 1.